The Morgan fingerprint density at radius 1 is 1.25 bits per heavy atom. The Bertz CT molecular complexity index is 975. The molecule has 0 saturated heterocycles. The minimum Gasteiger partial charge on any atom is -0.492 e. The summed E-state index contributed by atoms with van der Waals surface area (Å²) in [6.45, 7) is 0.648. The predicted octanol–water partition coefficient (Wildman–Crippen LogP) is 2.47. The fourth-order valence-electron chi connectivity index (χ4n) is 3.32. The third-order valence-corrected chi connectivity index (χ3v) is 4.62. The fourth-order valence-corrected chi connectivity index (χ4v) is 3.32. The third kappa shape index (κ3) is 3.48. The molecule has 28 heavy (non-hydrogen) atoms. The number of H-pyrrole nitrogens is 1. The maximum Gasteiger partial charge on any atom is 0.431 e. The summed E-state index contributed by atoms with van der Waals surface area (Å²) in [7, 11) is 0. The van der Waals surface area contributed by atoms with Gasteiger partial charge in [0.05, 0.1) is 24.1 Å². The smallest absolute Gasteiger partial charge is 0.431 e. The highest BCUT2D eigenvalue weighted by Gasteiger charge is 2.34. The Hall–Kier alpha value is -2.85. The number of ether oxygens (including phenoxy) is 1. The molecular formula is C18H18F3N5O2. The summed E-state index contributed by atoms with van der Waals surface area (Å²) >= 11 is 0. The van der Waals surface area contributed by atoms with E-state index in [2.05, 4.69) is 25.6 Å². The van der Waals surface area contributed by atoms with Gasteiger partial charge in [-0.05, 0) is 12.1 Å². The Balaban J connectivity index is 1.72. The molecule has 0 spiro atoms. The van der Waals surface area contributed by atoms with Crippen LogP contribution in [0.1, 0.15) is 17.3 Å². The van der Waals surface area contributed by atoms with E-state index in [9.17, 15) is 13.2 Å². The minimum absolute atomic E-state index is 0.0463. The maximum absolute atomic E-state index is 13.1. The first-order valence-corrected chi connectivity index (χ1v) is 8.71. The lowest BCUT2D eigenvalue weighted by Gasteiger charge is -2.35. The summed E-state index contributed by atoms with van der Waals surface area (Å²) in [5.41, 5.74) is 0.0703. The zero-order valence-electron chi connectivity index (χ0n) is 14.6. The number of halogens is 3. The lowest BCUT2D eigenvalue weighted by molar-refractivity contribution is -0.140. The molecule has 4 N–H and O–H groups in total. The number of anilines is 1. The number of hydrogen-bond acceptors (Lipinski definition) is 6. The van der Waals surface area contributed by atoms with E-state index in [0.29, 0.717) is 18.9 Å². The number of nitrogens with zero attached hydrogens (tertiary/aromatic N) is 2. The molecule has 0 aliphatic carbocycles. The Morgan fingerprint density at radius 3 is 2.86 bits per heavy atom. The number of benzene rings is 1. The highest BCUT2D eigenvalue weighted by molar-refractivity contribution is 5.88. The van der Waals surface area contributed by atoms with E-state index in [1.54, 1.807) is 0 Å². The molecule has 3 aromatic rings. The van der Waals surface area contributed by atoms with Gasteiger partial charge in [0.25, 0.3) is 0 Å². The van der Waals surface area contributed by atoms with E-state index in [1.807, 2.05) is 24.3 Å². The van der Waals surface area contributed by atoms with Crippen LogP contribution in [0.15, 0.2) is 36.7 Å². The van der Waals surface area contributed by atoms with Crippen LogP contribution in [-0.2, 0) is 6.18 Å². The number of para-hydroxylation sites is 1. The first kappa shape index (κ1) is 18.5. The van der Waals surface area contributed by atoms with Crippen LogP contribution in [0.3, 0.4) is 0 Å². The number of aromatic amines is 1. The SMILES string of the molecule is OCCN[C@H]1COc2ccccc2[C@@H]1Nc1ncnc2[nH]c(C(F)(F)F)cc12. The maximum atomic E-state index is 13.1. The van der Waals surface area contributed by atoms with E-state index >= 15 is 0 Å². The number of rotatable bonds is 5. The van der Waals surface area contributed by atoms with Crippen LogP contribution in [0.2, 0.25) is 0 Å². The average molecular weight is 393 g/mol. The second-order valence-electron chi connectivity index (χ2n) is 6.42. The molecule has 3 heterocycles. The Kier molecular flexibility index (Phi) is 4.82. The molecule has 0 amide bonds. The van der Waals surface area contributed by atoms with Gasteiger partial charge in [-0.1, -0.05) is 18.2 Å². The molecule has 10 heteroatoms. The van der Waals surface area contributed by atoms with E-state index in [0.717, 1.165) is 11.6 Å². The summed E-state index contributed by atoms with van der Waals surface area (Å²) < 4.78 is 45.0. The largest absolute Gasteiger partial charge is 0.492 e. The molecule has 4 rings (SSSR count). The Morgan fingerprint density at radius 2 is 2.07 bits per heavy atom. The van der Waals surface area contributed by atoms with Crippen molar-refractivity contribution >= 4 is 16.9 Å². The zero-order valence-corrected chi connectivity index (χ0v) is 14.6. The second-order valence-corrected chi connectivity index (χ2v) is 6.42. The van der Waals surface area contributed by atoms with Crippen LogP contribution in [0.5, 0.6) is 5.75 Å². The van der Waals surface area contributed by atoms with Crippen molar-refractivity contribution in [3.8, 4) is 5.75 Å². The van der Waals surface area contributed by atoms with Crippen molar-refractivity contribution in [3.63, 3.8) is 0 Å². The van der Waals surface area contributed by atoms with Gasteiger partial charge < -0.3 is 25.5 Å². The van der Waals surface area contributed by atoms with Crippen LogP contribution in [0.25, 0.3) is 11.0 Å². The van der Waals surface area contributed by atoms with Gasteiger partial charge in [0.15, 0.2) is 0 Å². The van der Waals surface area contributed by atoms with Crippen molar-refractivity contribution < 1.29 is 23.0 Å². The number of alkyl halides is 3. The van der Waals surface area contributed by atoms with Crippen LogP contribution in [0, 0.1) is 0 Å². The van der Waals surface area contributed by atoms with Gasteiger partial charge in [-0.2, -0.15) is 13.2 Å². The molecule has 1 aromatic carbocycles. The van der Waals surface area contributed by atoms with Crippen molar-refractivity contribution in [2.45, 2.75) is 18.3 Å². The van der Waals surface area contributed by atoms with E-state index in [1.165, 1.54) is 6.33 Å². The average Bonchev–Trinajstić information content (AvgIpc) is 3.13. The number of nitrogens with one attached hydrogen (secondary N) is 3. The highest BCUT2D eigenvalue weighted by Crippen LogP contribution is 2.37. The first-order chi connectivity index (χ1) is 13.5. The predicted molar refractivity (Wildman–Crippen MR) is 96.1 cm³/mol. The van der Waals surface area contributed by atoms with Gasteiger partial charge in [-0.15, -0.1) is 0 Å². The number of aromatic nitrogens is 3. The van der Waals surface area contributed by atoms with Crippen molar-refractivity contribution in [1.82, 2.24) is 20.3 Å². The van der Waals surface area contributed by atoms with Crippen LogP contribution in [0.4, 0.5) is 19.0 Å². The quantitative estimate of drug-likeness (QED) is 0.532. The third-order valence-electron chi connectivity index (χ3n) is 4.62. The van der Waals surface area contributed by atoms with E-state index in [4.69, 9.17) is 9.84 Å². The van der Waals surface area contributed by atoms with E-state index < -0.39 is 11.9 Å². The highest BCUT2D eigenvalue weighted by atomic mass is 19.4. The van der Waals surface area contributed by atoms with Crippen LogP contribution >= 0.6 is 0 Å². The molecular weight excluding hydrogens is 375 g/mol. The molecule has 0 unspecified atom stereocenters. The van der Waals surface area contributed by atoms with Gasteiger partial charge in [0.2, 0.25) is 0 Å². The van der Waals surface area contributed by atoms with Gasteiger partial charge in [-0.25, -0.2) is 9.97 Å². The molecule has 2 aromatic heterocycles. The molecule has 1 aliphatic heterocycles. The van der Waals surface area contributed by atoms with Gasteiger partial charge in [0, 0.05) is 12.1 Å². The lowest BCUT2D eigenvalue weighted by atomic mass is 9.96. The summed E-state index contributed by atoms with van der Waals surface area (Å²) in [6.07, 6.45) is -3.29. The zero-order chi connectivity index (χ0) is 19.7. The molecule has 148 valence electrons. The first-order valence-electron chi connectivity index (χ1n) is 8.71. The molecule has 0 bridgehead atoms. The molecule has 1 aliphatic rings. The standard InChI is InChI=1S/C18H18F3N5O2/c19-18(20,21)14-7-11-16(25-14)23-9-24-17(11)26-15-10-3-1-2-4-13(10)28-8-12(15)22-5-6-27/h1-4,7,9,12,15,22,27H,5-6,8H2,(H2,23,24,25,26)/t12-,15-/m0/s1. The number of hydrogen-bond donors (Lipinski definition) is 4. The van der Waals surface area contributed by atoms with Crippen LogP contribution < -0.4 is 15.4 Å². The minimum atomic E-state index is -4.51. The molecule has 0 fully saturated rings. The number of fused-ring (bicyclic) bond motifs is 2. The Labute approximate surface area is 158 Å². The van der Waals surface area contributed by atoms with Crippen molar-refractivity contribution in [2.24, 2.45) is 0 Å². The van der Waals surface area contributed by atoms with Crippen molar-refractivity contribution in [3.05, 3.63) is 47.9 Å². The molecule has 2 atom stereocenters. The monoisotopic (exact) mass is 393 g/mol. The molecule has 0 saturated carbocycles. The van der Waals surface area contributed by atoms with Gasteiger partial charge in [0.1, 0.15) is 35.8 Å². The summed E-state index contributed by atoms with van der Waals surface area (Å²) in [5.74, 6) is 0.978. The lowest BCUT2D eigenvalue weighted by Crippen LogP contribution is -2.46. The summed E-state index contributed by atoms with van der Waals surface area (Å²) in [4.78, 5) is 10.3. The van der Waals surface area contributed by atoms with Crippen molar-refractivity contribution in [2.75, 3.05) is 25.1 Å². The van der Waals surface area contributed by atoms with Gasteiger partial charge >= 0.3 is 6.18 Å². The fraction of sp³-hybridized carbons (Fsp3) is 0.333. The van der Waals surface area contributed by atoms with Gasteiger partial charge in [-0.3, -0.25) is 0 Å². The number of aliphatic hydroxyl groups is 1. The van der Waals surface area contributed by atoms with E-state index in [-0.39, 0.29) is 35.5 Å². The topological polar surface area (TPSA) is 95.1 Å². The summed E-state index contributed by atoms with van der Waals surface area (Å²) in [6, 6.07) is 7.89. The molecule has 7 nitrogen and oxygen atoms in total. The van der Waals surface area contributed by atoms with Crippen molar-refractivity contribution in [1.29, 1.82) is 0 Å². The molecule has 0 radical (unpaired) electrons. The second kappa shape index (κ2) is 7.28. The summed E-state index contributed by atoms with van der Waals surface area (Å²) in [5, 5.41) is 15.8. The van der Waals surface area contributed by atoms with Crippen LogP contribution in [-0.4, -0.2) is 45.9 Å². The number of aliphatic hydroxyl groups excluding tert-OH is 1. The normalized spacial score (nSPS) is 19.3.